The van der Waals surface area contributed by atoms with Crippen molar-refractivity contribution >= 4 is 21.2 Å². The molecule has 0 aliphatic rings. The average Bonchev–Trinajstić information content (AvgIpc) is 2.34. The summed E-state index contributed by atoms with van der Waals surface area (Å²) >= 11 is 1.53. The summed E-state index contributed by atoms with van der Waals surface area (Å²) in [4.78, 5) is 0. The van der Waals surface area contributed by atoms with Gasteiger partial charge in [-0.15, -0.1) is 0 Å². The first kappa shape index (κ1) is 10.7. The maximum atomic E-state index is 11.5. The van der Waals surface area contributed by atoms with Gasteiger partial charge in [0.2, 0.25) is 0 Å². The van der Waals surface area contributed by atoms with Crippen LogP contribution in [-0.4, -0.2) is 14.2 Å². The Kier molecular flexibility index (Phi) is 3.50. The van der Waals surface area contributed by atoms with Crippen molar-refractivity contribution in [2.75, 3.05) is 5.75 Å². The molecule has 2 nitrogen and oxygen atoms in total. The molecule has 1 heterocycles. The summed E-state index contributed by atoms with van der Waals surface area (Å²) in [6.45, 7) is 3.84. The van der Waals surface area contributed by atoms with E-state index in [1.54, 1.807) is 0 Å². The third-order valence-electron chi connectivity index (χ3n) is 1.55. The normalized spacial score (nSPS) is 12.2. The highest BCUT2D eigenvalue weighted by Crippen LogP contribution is 2.12. The van der Waals surface area contributed by atoms with Crippen molar-refractivity contribution in [1.82, 2.24) is 0 Å². The number of thiophene rings is 1. The lowest BCUT2D eigenvalue weighted by atomic mass is 10.3. The van der Waals surface area contributed by atoms with Crippen molar-refractivity contribution in [3.05, 3.63) is 22.4 Å². The summed E-state index contributed by atoms with van der Waals surface area (Å²) in [6.07, 6.45) is 0. The van der Waals surface area contributed by atoms with Gasteiger partial charge in [-0.3, -0.25) is 0 Å². The summed E-state index contributed by atoms with van der Waals surface area (Å²) in [7, 11) is -2.90. The summed E-state index contributed by atoms with van der Waals surface area (Å²) in [5.74, 6) is 0.681. The molecule has 0 unspecified atom stereocenters. The van der Waals surface area contributed by atoms with Gasteiger partial charge in [0.05, 0.1) is 11.5 Å². The quantitative estimate of drug-likeness (QED) is 0.777. The minimum Gasteiger partial charge on any atom is -0.228 e. The zero-order chi connectivity index (χ0) is 9.90. The van der Waals surface area contributed by atoms with Gasteiger partial charge in [0.15, 0.2) is 9.84 Å². The molecular formula is C9H14O2S2. The van der Waals surface area contributed by atoms with Crippen LogP contribution in [0.4, 0.5) is 0 Å². The largest absolute Gasteiger partial charge is 0.228 e. The zero-order valence-electron chi connectivity index (χ0n) is 7.86. The van der Waals surface area contributed by atoms with E-state index in [4.69, 9.17) is 0 Å². The molecule has 0 N–H and O–H groups in total. The van der Waals surface area contributed by atoms with Gasteiger partial charge in [-0.1, -0.05) is 13.8 Å². The highest BCUT2D eigenvalue weighted by molar-refractivity contribution is 7.90. The smallest absolute Gasteiger partial charge is 0.154 e. The molecule has 0 bridgehead atoms. The highest BCUT2D eigenvalue weighted by atomic mass is 32.2. The fourth-order valence-electron chi connectivity index (χ4n) is 1.20. The van der Waals surface area contributed by atoms with Gasteiger partial charge >= 0.3 is 0 Å². The molecule has 13 heavy (non-hydrogen) atoms. The number of rotatable bonds is 4. The summed E-state index contributed by atoms with van der Waals surface area (Å²) in [6, 6.07) is 1.86. The van der Waals surface area contributed by atoms with Crippen LogP contribution in [0.1, 0.15) is 19.4 Å². The second-order valence-corrected chi connectivity index (χ2v) is 6.47. The summed E-state index contributed by atoms with van der Waals surface area (Å²) in [5, 5.41) is 3.79. The van der Waals surface area contributed by atoms with Crippen LogP contribution in [0.3, 0.4) is 0 Å². The van der Waals surface area contributed by atoms with Gasteiger partial charge in [-0.05, 0) is 28.3 Å². The minimum atomic E-state index is -2.90. The Labute approximate surface area is 83.5 Å². The van der Waals surface area contributed by atoms with Crippen molar-refractivity contribution in [3.63, 3.8) is 0 Å². The molecular weight excluding hydrogens is 204 g/mol. The molecule has 74 valence electrons. The number of hydrogen-bond donors (Lipinski definition) is 0. The lowest BCUT2D eigenvalue weighted by Gasteiger charge is -2.05. The first-order chi connectivity index (χ1) is 5.99. The second kappa shape index (κ2) is 4.24. The molecule has 4 heteroatoms. The summed E-state index contributed by atoms with van der Waals surface area (Å²) in [5.41, 5.74) is 0.908. The number of hydrogen-bond acceptors (Lipinski definition) is 3. The Morgan fingerprint density at radius 1 is 1.46 bits per heavy atom. The molecule has 0 aliphatic carbocycles. The van der Waals surface area contributed by atoms with Crippen molar-refractivity contribution in [1.29, 1.82) is 0 Å². The van der Waals surface area contributed by atoms with Crippen LogP contribution in [0.15, 0.2) is 16.8 Å². The third-order valence-corrected chi connectivity index (χ3v) is 4.23. The predicted octanol–water partition coefficient (Wildman–Crippen LogP) is 2.32. The molecule has 1 aromatic rings. The molecule has 1 aromatic heterocycles. The fraction of sp³-hybridized carbons (Fsp3) is 0.556. The van der Waals surface area contributed by atoms with Gasteiger partial charge in [0, 0.05) is 0 Å². The average molecular weight is 218 g/mol. The van der Waals surface area contributed by atoms with E-state index in [1.807, 2.05) is 30.7 Å². The Bertz CT molecular complexity index is 336. The van der Waals surface area contributed by atoms with E-state index >= 15 is 0 Å². The van der Waals surface area contributed by atoms with Gasteiger partial charge in [-0.2, -0.15) is 11.3 Å². The molecule has 0 radical (unpaired) electrons. The molecule has 0 fully saturated rings. The predicted molar refractivity (Wildman–Crippen MR) is 56.6 cm³/mol. The Balaban J connectivity index is 2.63. The monoisotopic (exact) mass is 218 g/mol. The third kappa shape index (κ3) is 3.91. The first-order valence-electron chi connectivity index (χ1n) is 4.21. The van der Waals surface area contributed by atoms with Crippen LogP contribution in [0.2, 0.25) is 0 Å². The van der Waals surface area contributed by atoms with Crippen LogP contribution < -0.4 is 0 Å². The van der Waals surface area contributed by atoms with Gasteiger partial charge in [-0.25, -0.2) is 8.42 Å². The fourth-order valence-corrected chi connectivity index (χ4v) is 3.79. The van der Waals surface area contributed by atoms with Crippen molar-refractivity contribution < 1.29 is 8.42 Å². The molecule has 0 spiro atoms. The van der Waals surface area contributed by atoms with E-state index in [1.165, 1.54) is 11.3 Å². The Hall–Kier alpha value is -0.350. The van der Waals surface area contributed by atoms with E-state index in [2.05, 4.69) is 0 Å². The van der Waals surface area contributed by atoms with E-state index in [0.717, 1.165) is 5.56 Å². The molecule has 0 aliphatic heterocycles. The molecule has 0 saturated heterocycles. The van der Waals surface area contributed by atoms with E-state index in [-0.39, 0.29) is 17.4 Å². The van der Waals surface area contributed by atoms with E-state index in [9.17, 15) is 8.42 Å². The van der Waals surface area contributed by atoms with Gasteiger partial charge in [0.25, 0.3) is 0 Å². The van der Waals surface area contributed by atoms with E-state index in [0.29, 0.717) is 0 Å². The van der Waals surface area contributed by atoms with Crippen LogP contribution in [0.25, 0.3) is 0 Å². The molecule has 0 amide bonds. The van der Waals surface area contributed by atoms with Crippen LogP contribution in [0, 0.1) is 5.92 Å². The molecule has 0 aromatic carbocycles. The summed E-state index contributed by atoms with van der Waals surface area (Å²) < 4.78 is 23.0. The lowest BCUT2D eigenvalue weighted by Crippen LogP contribution is -2.13. The Morgan fingerprint density at radius 2 is 2.15 bits per heavy atom. The molecule has 1 rings (SSSR count). The van der Waals surface area contributed by atoms with Crippen molar-refractivity contribution in [2.24, 2.45) is 5.92 Å². The zero-order valence-corrected chi connectivity index (χ0v) is 9.49. The number of sulfone groups is 1. The topological polar surface area (TPSA) is 34.1 Å². The van der Waals surface area contributed by atoms with Crippen molar-refractivity contribution in [2.45, 2.75) is 19.6 Å². The second-order valence-electron chi connectivity index (χ2n) is 3.58. The highest BCUT2D eigenvalue weighted by Gasteiger charge is 2.13. The van der Waals surface area contributed by atoms with Crippen LogP contribution >= 0.6 is 11.3 Å². The van der Waals surface area contributed by atoms with Crippen LogP contribution in [0.5, 0.6) is 0 Å². The maximum absolute atomic E-state index is 11.5. The Morgan fingerprint density at radius 3 is 2.62 bits per heavy atom. The van der Waals surface area contributed by atoms with Gasteiger partial charge in [0.1, 0.15) is 0 Å². The minimum absolute atomic E-state index is 0.189. The first-order valence-corrected chi connectivity index (χ1v) is 6.97. The van der Waals surface area contributed by atoms with E-state index < -0.39 is 9.84 Å². The van der Waals surface area contributed by atoms with Crippen LogP contribution in [-0.2, 0) is 15.6 Å². The van der Waals surface area contributed by atoms with Crippen molar-refractivity contribution in [3.8, 4) is 0 Å². The van der Waals surface area contributed by atoms with Gasteiger partial charge < -0.3 is 0 Å². The lowest BCUT2D eigenvalue weighted by molar-refractivity contribution is 0.581. The molecule has 0 saturated carbocycles. The maximum Gasteiger partial charge on any atom is 0.154 e. The standard InChI is InChI=1S/C9H14O2S2/c1-8(2)6-13(10,11)7-9-3-4-12-5-9/h3-5,8H,6-7H2,1-2H3. The SMILES string of the molecule is CC(C)CS(=O)(=O)Cc1ccsc1. The molecule has 0 atom stereocenters.